The average molecular weight is 335 g/mol. The first-order valence-electron chi connectivity index (χ1n) is 7.64. The number of aromatic nitrogens is 2. The molecule has 126 valence electrons. The van der Waals surface area contributed by atoms with Crippen LogP contribution in [0.5, 0.6) is 5.75 Å². The van der Waals surface area contributed by atoms with E-state index in [9.17, 15) is 0 Å². The highest BCUT2D eigenvalue weighted by Gasteiger charge is 2.17. The largest absolute Gasteiger partial charge is 0.497 e. The lowest BCUT2D eigenvalue weighted by Gasteiger charge is -2.01. The van der Waals surface area contributed by atoms with Crippen LogP contribution in [0.3, 0.4) is 0 Å². The first-order chi connectivity index (χ1) is 12.2. The molecule has 0 aliphatic heterocycles. The number of benzene rings is 2. The number of guanidine groups is 1. The fourth-order valence-electron chi connectivity index (χ4n) is 2.39. The molecule has 0 fully saturated rings. The van der Waals surface area contributed by atoms with Crippen molar-refractivity contribution in [2.24, 2.45) is 21.7 Å². The quantitative estimate of drug-likeness (QED) is 0.285. The molecule has 0 saturated heterocycles. The highest BCUT2D eigenvalue weighted by Crippen LogP contribution is 2.22. The zero-order valence-electron chi connectivity index (χ0n) is 13.8. The smallest absolute Gasteiger partial charge is 0.235 e. The molecule has 2 aromatic carbocycles. The van der Waals surface area contributed by atoms with Crippen molar-refractivity contribution in [2.75, 3.05) is 7.11 Å². The van der Waals surface area contributed by atoms with E-state index in [1.54, 1.807) is 13.3 Å². The van der Waals surface area contributed by atoms with E-state index in [1.165, 1.54) is 0 Å². The highest BCUT2D eigenvalue weighted by molar-refractivity contribution is 5.88. The number of methoxy groups -OCH3 is 1. The molecule has 3 aromatic rings. The van der Waals surface area contributed by atoms with Gasteiger partial charge in [-0.05, 0) is 24.3 Å². The van der Waals surface area contributed by atoms with Crippen LogP contribution in [0, 0.1) is 0 Å². The number of nitrogens with zero attached hydrogens (tertiary/aromatic N) is 3. The lowest BCUT2D eigenvalue weighted by Crippen LogP contribution is -2.31. The average Bonchev–Trinajstić information content (AvgIpc) is 3.06. The second-order valence-corrected chi connectivity index (χ2v) is 5.27. The minimum Gasteiger partial charge on any atom is -0.497 e. The molecule has 0 atom stereocenters. The fraction of sp³-hybridized carbons (Fsp3) is 0.0556. The van der Waals surface area contributed by atoms with Gasteiger partial charge in [-0.1, -0.05) is 22.9 Å². The summed E-state index contributed by atoms with van der Waals surface area (Å²) in [5, 5.41) is 10.9. The van der Waals surface area contributed by atoms with Crippen molar-refractivity contribution in [3.05, 3.63) is 66.4 Å². The van der Waals surface area contributed by atoms with Gasteiger partial charge in [-0.3, -0.25) is 0 Å². The SMILES string of the molecule is COc1ccc(-c2[nH][n+](-c3ccccc3)cc2/C=N/N=C(N)N)cc1. The minimum absolute atomic E-state index is 0.0891. The summed E-state index contributed by atoms with van der Waals surface area (Å²) in [5.41, 5.74) is 14.4. The standard InChI is InChI=1S/C18H18N6O/c1-25-16-9-7-13(8-10-16)17-14(11-21-22-18(19)20)12-24(23-17)15-5-3-2-4-6-15/h2-12H,1H3,(H4,19,20,22)/p+1/b21-11+. The first-order valence-corrected chi connectivity index (χ1v) is 7.64. The number of hydrogen-bond donors (Lipinski definition) is 3. The number of nitrogens with one attached hydrogen (secondary N) is 1. The Morgan fingerprint density at radius 3 is 2.44 bits per heavy atom. The van der Waals surface area contributed by atoms with Gasteiger partial charge in [-0.25, -0.2) is 0 Å². The fourth-order valence-corrected chi connectivity index (χ4v) is 2.39. The van der Waals surface area contributed by atoms with E-state index in [4.69, 9.17) is 16.2 Å². The Kier molecular flexibility index (Phi) is 4.75. The van der Waals surface area contributed by atoms with E-state index in [0.717, 1.165) is 28.3 Å². The van der Waals surface area contributed by atoms with E-state index in [0.29, 0.717) is 0 Å². The molecule has 7 heteroatoms. The van der Waals surface area contributed by atoms with Crippen LogP contribution in [-0.4, -0.2) is 24.4 Å². The monoisotopic (exact) mass is 335 g/mol. The molecule has 0 unspecified atom stereocenters. The van der Waals surface area contributed by atoms with Gasteiger partial charge in [0.05, 0.1) is 18.9 Å². The summed E-state index contributed by atoms with van der Waals surface area (Å²) in [7, 11) is 1.64. The van der Waals surface area contributed by atoms with E-state index in [2.05, 4.69) is 15.3 Å². The maximum atomic E-state index is 5.32. The predicted molar refractivity (Wildman–Crippen MR) is 97.7 cm³/mol. The summed E-state index contributed by atoms with van der Waals surface area (Å²) < 4.78 is 7.13. The molecule has 3 rings (SSSR count). The van der Waals surface area contributed by atoms with Crippen molar-refractivity contribution in [2.45, 2.75) is 0 Å². The zero-order valence-corrected chi connectivity index (χ0v) is 13.8. The zero-order chi connectivity index (χ0) is 17.6. The van der Waals surface area contributed by atoms with Crippen LogP contribution in [0.15, 0.2) is 71.0 Å². The summed E-state index contributed by atoms with van der Waals surface area (Å²) >= 11 is 0. The first kappa shape index (κ1) is 16.3. The van der Waals surface area contributed by atoms with Gasteiger partial charge in [0.1, 0.15) is 11.4 Å². The highest BCUT2D eigenvalue weighted by atomic mass is 16.5. The molecular weight excluding hydrogens is 316 g/mol. The van der Waals surface area contributed by atoms with Gasteiger partial charge in [0, 0.05) is 17.7 Å². The van der Waals surface area contributed by atoms with Gasteiger partial charge in [0.15, 0.2) is 0 Å². The molecule has 7 nitrogen and oxygen atoms in total. The van der Waals surface area contributed by atoms with Crippen LogP contribution in [0.1, 0.15) is 5.56 Å². The Morgan fingerprint density at radius 1 is 1.08 bits per heavy atom. The van der Waals surface area contributed by atoms with Crippen LogP contribution in [-0.2, 0) is 0 Å². The predicted octanol–water partition coefficient (Wildman–Crippen LogP) is 1.57. The van der Waals surface area contributed by atoms with Gasteiger partial charge >= 0.3 is 0 Å². The summed E-state index contributed by atoms with van der Waals surface area (Å²) in [6.07, 6.45) is 3.54. The van der Waals surface area contributed by atoms with Crippen LogP contribution in [0.4, 0.5) is 0 Å². The third-order valence-corrected chi connectivity index (χ3v) is 3.57. The molecule has 0 aliphatic rings. The molecule has 1 heterocycles. The van der Waals surface area contributed by atoms with E-state index in [-0.39, 0.29) is 5.96 Å². The maximum Gasteiger partial charge on any atom is 0.235 e. The Labute approximate surface area is 145 Å². The Bertz CT molecular complexity index is 893. The van der Waals surface area contributed by atoms with Crippen molar-refractivity contribution in [1.29, 1.82) is 0 Å². The van der Waals surface area contributed by atoms with Crippen molar-refractivity contribution >= 4 is 12.2 Å². The summed E-state index contributed by atoms with van der Waals surface area (Å²) in [4.78, 5) is 0. The molecule has 0 radical (unpaired) electrons. The number of rotatable bonds is 5. The minimum atomic E-state index is -0.0891. The van der Waals surface area contributed by atoms with Gasteiger partial charge in [0.25, 0.3) is 0 Å². The molecule has 0 spiro atoms. The van der Waals surface area contributed by atoms with Crippen LogP contribution in [0.25, 0.3) is 16.9 Å². The van der Waals surface area contributed by atoms with Gasteiger partial charge in [-0.2, -0.15) is 10.2 Å². The maximum absolute atomic E-state index is 5.32. The topological polar surface area (TPSA) is 106 Å². The van der Waals surface area contributed by atoms with Gasteiger partial charge in [-0.15, -0.1) is 5.10 Å². The lowest BCUT2D eigenvalue weighted by molar-refractivity contribution is -0.654. The van der Waals surface area contributed by atoms with Gasteiger partial charge < -0.3 is 16.2 Å². The summed E-state index contributed by atoms with van der Waals surface area (Å²) in [5.74, 6) is 0.704. The van der Waals surface area contributed by atoms with Crippen molar-refractivity contribution in [1.82, 2.24) is 5.10 Å². The van der Waals surface area contributed by atoms with Crippen LogP contribution >= 0.6 is 0 Å². The van der Waals surface area contributed by atoms with Crippen molar-refractivity contribution in [3.63, 3.8) is 0 Å². The third-order valence-electron chi connectivity index (χ3n) is 3.57. The number of hydrogen-bond acceptors (Lipinski definition) is 3. The molecule has 5 N–H and O–H groups in total. The van der Waals surface area contributed by atoms with Crippen LogP contribution < -0.4 is 20.9 Å². The third kappa shape index (κ3) is 3.84. The number of nitrogens with two attached hydrogens (primary N) is 2. The number of H-pyrrole nitrogens is 1. The van der Waals surface area contributed by atoms with E-state index >= 15 is 0 Å². The molecule has 0 amide bonds. The molecule has 0 bridgehead atoms. The molecular formula is C18H19N6O+. The Balaban J connectivity index is 2.05. The van der Waals surface area contributed by atoms with E-state index < -0.39 is 0 Å². The Hall–Kier alpha value is -3.61. The summed E-state index contributed by atoms with van der Waals surface area (Å²) in [6.45, 7) is 0. The Morgan fingerprint density at radius 2 is 1.80 bits per heavy atom. The normalized spacial score (nSPS) is 10.8. The van der Waals surface area contributed by atoms with E-state index in [1.807, 2.05) is 65.5 Å². The number of aromatic amines is 1. The number of para-hydroxylation sites is 1. The molecule has 25 heavy (non-hydrogen) atoms. The number of ether oxygens (including phenoxy) is 1. The lowest BCUT2D eigenvalue weighted by atomic mass is 10.1. The van der Waals surface area contributed by atoms with Gasteiger partial charge in [0.2, 0.25) is 17.8 Å². The van der Waals surface area contributed by atoms with Crippen molar-refractivity contribution < 1.29 is 9.42 Å². The van der Waals surface area contributed by atoms with Crippen LogP contribution in [0.2, 0.25) is 0 Å². The van der Waals surface area contributed by atoms with Crippen molar-refractivity contribution in [3.8, 4) is 22.7 Å². The second-order valence-electron chi connectivity index (χ2n) is 5.27. The molecule has 1 aromatic heterocycles. The summed E-state index contributed by atoms with van der Waals surface area (Å²) in [6, 6.07) is 17.7. The second kappa shape index (κ2) is 7.31. The molecule has 0 aliphatic carbocycles. The molecule has 0 saturated carbocycles.